The van der Waals surface area contributed by atoms with Gasteiger partial charge in [-0.2, -0.15) is 0 Å². The van der Waals surface area contributed by atoms with Gasteiger partial charge in [-0.15, -0.1) is 0 Å². The van der Waals surface area contributed by atoms with Gasteiger partial charge in [0.1, 0.15) is 0 Å². The fraction of sp³-hybridized carbons (Fsp3) is 0. The molecule has 2 nitrogen and oxygen atoms in total. The molecule has 0 amide bonds. The summed E-state index contributed by atoms with van der Waals surface area (Å²) in [4.78, 5) is 0. The Bertz CT molecular complexity index is 2840. The van der Waals surface area contributed by atoms with E-state index in [1.807, 2.05) is 0 Å². The molecule has 0 saturated heterocycles. The van der Waals surface area contributed by atoms with E-state index in [1.54, 1.807) is 0 Å². The molecular weight excluding hydrogens is 605 g/mol. The molecule has 0 aliphatic rings. The monoisotopic (exact) mass is 636 g/mol. The standard InChI is InChI=1S/C48H32N2/c1-4-15-33(16-5-1)38-23-14-26-45(48(38)34-17-6-2-7-18-34)50-44-25-13-11-22-40(44)42-30-28-36(32-47(42)50)35-27-29-41-39-21-10-12-24-43(39)49(46(41)31-35)37-19-8-3-9-20-37/h1-32H. The Morgan fingerprint density at radius 2 is 0.760 bits per heavy atom. The molecule has 0 radical (unpaired) electrons. The third-order valence-corrected chi connectivity index (χ3v) is 10.1. The third-order valence-electron chi connectivity index (χ3n) is 10.1. The second-order valence-electron chi connectivity index (χ2n) is 12.9. The maximum Gasteiger partial charge on any atom is 0.0547 e. The Balaban J connectivity index is 1.24. The van der Waals surface area contributed by atoms with E-state index < -0.39 is 0 Å². The first-order valence-corrected chi connectivity index (χ1v) is 17.2. The van der Waals surface area contributed by atoms with Crippen molar-refractivity contribution in [3.05, 3.63) is 194 Å². The van der Waals surface area contributed by atoms with Crippen LogP contribution in [0.15, 0.2) is 194 Å². The zero-order valence-electron chi connectivity index (χ0n) is 27.4. The number of benzene rings is 8. The molecule has 0 spiro atoms. The predicted molar refractivity (Wildman–Crippen MR) is 211 cm³/mol. The highest BCUT2D eigenvalue weighted by molar-refractivity contribution is 6.12. The van der Waals surface area contributed by atoms with Crippen molar-refractivity contribution in [3.63, 3.8) is 0 Å². The van der Waals surface area contributed by atoms with Crippen molar-refractivity contribution >= 4 is 43.6 Å². The second-order valence-corrected chi connectivity index (χ2v) is 12.9. The number of rotatable bonds is 5. The Labute approximate surface area is 290 Å². The van der Waals surface area contributed by atoms with Gasteiger partial charge in [0.15, 0.2) is 0 Å². The summed E-state index contributed by atoms with van der Waals surface area (Å²) >= 11 is 0. The summed E-state index contributed by atoms with van der Waals surface area (Å²) in [7, 11) is 0. The van der Waals surface area contributed by atoms with Gasteiger partial charge in [-0.25, -0.2) is 0 Å². The van der Waals surface area contributed by atoms with Crippen LogP contribution >= 0.6 is 0 Å². The minimum Gasteiger partial charge on any atom is -0.309 e. The Kier molecular flexibility index (Phi) is 6.53. The van der Waals surface area contributed by atoms with Gasteiger partial charge in [0.2, 0.25) is 0 Å². The molecule has 0 N–H and O–H groups in total. The van der Waals surface area contributed by atoms with Gasteiger partial charge in [0.25, 0.3) is 0 Å². The van der Waals surface area contributed by atoms with Gasteiger partial charge in [0, 0.05) is 32.8 Å². The first kappa shape index (κ1) is 28.4. The molecule has 2 aromatic heterocycles. The summed E-state index contributed by atoms with van der Waals surface area (Å²) in [5.74, 6) is 0. The number of para-hydroxylation sites is 3. The van der Waals surface area contributed by atoms with E-state index in [0.29, 0.717) is 0 Å². The van der Waals surface area contributed by atoms with E-state index in [0.717, 1.165) is 5.69 Å². The molecular formula is C48H32N2. The molecule has 0 aliphatic heterocycles. The van der Waals surface area contributed by atoms with Crippen LogP contribution in [-0.2, 0) is 0 Å². The van der Waals surface area contributed by atoms with Crippen LogP contribution in [0.5, 0.6) is 0 Å². The van der Waals surface area contributed by atoms with Crippen molar-refractivity contribution in [3.8, 4) is 44.8 Å². The lowest BCUT2D eigenvalue weighted by molar-refractivity contribution is 1.18. The molecule has 10 aromatic rings. The van der Waals surface area contributed by atoms with Crippen LogP contribution in [0.1, 0.15) is 0 Å². The van der Waals surface area contributed by atoms with Crippen LogP contribution in [-0.4, -0.2) is 9.13 Å². The van der Waals surface area contributed by atoms with Crippen LogP contribution in [0, 0.1) is 0 Å². The Morgan fingerprint density at radius 1 is 0.280 bits per heavy atom. The summed E-state index contributed by atoms with van der Waals surface area (Å²) in [5, 5.41) is 5.01. The lowest BCUT2D eigenvalue weighted by Crippen LogP contribution is -1.99. The molecule has 0 fully saturated rings. The van der Waals surface area contributed by atoms with E-state index >= 15 is 0 Å². The fourth-order valence-electron chi connectivity index (χ4n) is 7.91. The van der Waals surface area contributed by atoms with Crippen molar-refractivity contribution in [2.45, 2.75) is 0 Å². The quantitative estimate of drug-likeness (QED) is 0.178. The van der Waals surface area contributed by atoms with Crippen LogP contribution in [0.3, 0.4) is 0 Å². The predicted octanol–water partition coefficient (Wildman–Crippen LogP) is 12.9. The molecule has 2 heterocycles. The maximum absolute atomic E-state index is 2.47. The highest BCUT2D eigenvalue weighted by atomic mass is 15.0. The molecule has 0 atom stereocenters. The van der Waals surface area contributed by atoms with E-state index in [1.165, 1.54) is 82.7 Å². The minimum absolute atomic E-state index is 1.16. The molecule has 50 heavy (non-hydrogen) atoms. The van der Waals surface area contributed by atoms with Crippen LogP contribution < -0.4 is 0 Å². The Hall–Kier alpha value is -6.64. The summed E-state index contributed by atoms with van der Waals surface area (Å²) in [6.07, 6.45) is 0. The molecule has 8 aromatic carbocycles. The van der Waals surface area contributed by atoms with Crippen LogP contribution in [0.2, 0.25) is 0 Å². The van der Waals surface area contributed by atoms with Gasteiger partial charge in [0.05, 0.1) is 27.8 Å². The minimum atomic E-state index is 1.16. The van der Waals surface area contributed by atoms with Crippen molar-refractivity contribution in [2.75, 3.05) is 0 Å². The van der Waals surface area contributed by atoms with E-state index in [2.05, 4.69) is 203 Å². The fourth-order valence-corrected chi connectivity index (χ4v) is 7.91. The molecule has 0 bridgehead atoms. The van der Waals surface area contributed by atoms with E-state index in [-0.39, 0.29) is 0 Å². The highest BCUT2D eigenvalue weighted by Gasteiger charge is 2.20. The Morgan fingerprint density at radius 3 is 1.38 bits per heavy atom. The lowest BCUT2D eigenvalue weighted by Gasteiger charge is -2.18. The molecule has 0 aliphatic carbocycles. The molecule has 0 unspecified atom stereocenters. The van der Waals surface area contributed by atoms with Crippen LogP contribution in [0.4, 0.5) is 0 Å². The highest BCUT2D eigenvalue weighted by Crippen LogP contribution is 2.42. The first-order chi connectivity index (χ1) is 24.8. The van der Waals surface area contributed by atoms with Crippen molar-refractivity contribution < 1.29 is 0 Å². The average molecular weight is 637 g/mol. The van der Waals surface area contributed by atoms with Crippen molar-refractivity contribution in [2.24, 2.45) is 0 Å². The van der Waals surface area contributed by atoms with Crippen LogP contribution in [0.25, 0.3) is 88.4 Å². The van der Waals surface area contributed by atoms with E-state index in [4.69, 9.17) is 0 Å². The molecule has 2 heteroatoms. The summed E-state index contributed by atoms with van der Waals surface area (Å²) < 4.78 is 4.87. The zero-order chi connectivity index (χ0) is 33.0. The normalized spacial score (nSPS) is 11.6. The lowest BCUT2D eigenvalue weighted by atomic mass is 9.92. The number of nitrogens with zero attached hydrogens (tertiary/aromatic N) is 2. The van der Waals surface area contributed by atoms with Gasteiger partial charge >= 0.3 is 0 Å². The summed E-state index contributed by atoms with van der Waals surface area (Å²) in [6.45, 7) is 0. The topological polar surface area (TPSA) is 9.86 Å². The van der Waals surface area contributed by atoms with Gasteiger partial charge in [-0.3, -0.25) is 0 Å². The summed E-state index contributed by atoms with van der Waals surface area (Å²) in [5.41, 5.74) is 14.4. The molecule has 10 rings (SSSR count). The number of aromatic nitrogens is 2. The maximum atomic E-state index is 2.47. The molecule has 234 valence electrons. The first-order valence-electron chi connectivity index (χ1n) is 17.2. The summed E-state index contributed by atoms with van der Waals surface area (Å²) in [6, 6.07) is 70.4. The van der Waals surface area contributed by atoms with Crippen molar-refractivity contribution in [1.82, 2.24) is 9.13 Å². The average Bonchev–Trinajstić information content (AvgIpc) is 3.70. The van der Waals surface area contributed by atoms with E-state index in [9.17, 15) is 0 Å². The molecule has 0 saturated carbocycles. The zero-order valence-corrected chi connectivity index (χ0v) is 27.4. The number of hydrogen-bond acceptors (Lipinski definition) is 0. The van der Waals surface area contributed by atoms with Gasteiger partial charge in [-0.05, 0) is 70.3 Å². The SMILES string of the molecule is c1ccc(-c2cccc(-n3c4ccccc4c4ccc(-c5ccc6c7ccccc7n(-c7ccccc7)c6c5)cc43)c2-c2ccccc2)cc1. The number of fused-ring (bicyclic) bond motifs is 6. The van der Waals surface area contributed by atoms with Gasteiger partial charge in [-0.1, -0.05) is 152 Å². The smallest absolute Gasteiger partial charge is 0.0547 e. The number of hydrogen-bond donors (Lipinski definition) is 0. The second kappa shape index (κ2) is 11.5. The van der Waals surface area contributed by atoms with Gasteiger partial charge < -0.3 is 9.13 Å². The van der Waals surface area contributed by atoms with Crippen molar-refractivity contribution in [1.29, 1.82) is 0 Å². The third kappa shape index (κ3) is 4.43. The largest absolute Gasteiger partial charge is 0.309 e.